The topological polar surface area (TPSA) is 45.3 Å². The molecule has 124 valence electrons. The Bertz CT molecular complexity index is 956. The number of carbonyl (C=O) groups excluding carboxylic acids is 1. The summed E-state index contributed by atoms with van der Waals surface area (Å²) in [5, 5.41) is 1.15. The van der Waals surface area contributed by atoms with Crippen molar-refractivity contribution in [2.75, 3.05) is 0 Å². The Morgan fingerprint density at radius 2 is 1.92 bits per heavy atom. The number of para-hydroxylation sites is 2. The van der Waals surface area contributed by atoms with Crippen LogP contribution in [-0.4, -0.2) is 16.0 Å². The minimum atomic E-state index is -0.404. The lowest BCUT2D eigenvalue weighted by atomic mass is 10.00. The second kappa shape index (κ2) is 6.32. The van der Waals surface area contributed by atoms with E-state index >= 15 is 0 Å². The lowest BCUT2D eigenvalue weighted by molar-refractivity contribution is 0.153. The molecule has 1 N–H and O–H groups in total. The standard InChI is InChI=1S/C21H18N2O2/c1-2-8-19-20-17(16-11-6-7-12-18(16)22-20)13-14-23(19)21(24)25-15-9-4-3-5-10-15/h2-7,9-14,19,22H,1,8H2. The van der Waals surface area contributed by atoms with Crippen LogP contribution in [0.4, 0.5) is 4.79 Å². The second-order valence-electron chi connectivity index (χ2n) is 5.94. The van der Waals surface area contributed by atoms with Crippen LogP contribution in [0.25, 0.3) is 17.0 Å². The van der Waals surface area contributed by atoms with Gasteiger partial charge in [-0.25, -0.2) is 4.79 Å². The summed E-state index contributed by atoms with van der Waals surface area (Å²) in [6, 6.07) is 17.1. The van der Waals surface area contributed by atoms with Crippen LogP contribution in [0.1, 0.15) is 23.7 Å². The van der Waals surface area contributed by atoms with E-state index in [2.05, 4.69) is 17.6 Å². The van der Waals surface area contributed by atoms with Crippen molar-refractivity contribution >= 4 is 23.1 Å². The summed E-state index contributed by atoms with van der Waals surface area (Å²) in [7, 11) is 0. The monoisotopic (exact) mass is 330 g/mol. The average molecular weight is 330 g/mol. The number of aromatic nitrogens is 1. The average Bonchev–Trinajstić information content (AvgIpc) is 3.02. The van der Waals surface area contributed by atoms with Crippen molar-refractivity contribution < 1.29 is 9.53 Å². The minimum Gasteiger partial charge on any atom is -0.410 e. The van der Waals surface area contributed by atoms with E-state index in [-0.39, 0.29) is 6.04 Å². The van der Waals surface area contributed by atoms with Crippen LogP contribution in [0.5, 0.6) is 5.75 Å². The summed E-state index contributed by atoms with van der Waals surface area (Å²) < 4.78 is 5.51. The maximum absolute atomic E-state index is 12.7. The fourth-order valence-electron chi connectivity index (χ4n) is 3.24. The van der Waals surface area contributed by atoms with E-state index in [0.717, 1.165) is 22.2 Å². The lowest BCUT2D eigenvalue weighted by Crippen LogP contribution is -2.34. The molecule has 0 bridgehead atoms. The molecule has 2 aromatic carbocycles. The first-order valence-electron chi connectivity index (χ1n) is 8.23. The van der Waals surface area contributed by atoms with Crippen LogP contribution < -0.4 is 4.74 Å². The zero-order chi connectivity index (χ0) is 17.2. The van der Waals surface area contributed by atoms with Gasteiger partial charge in [-0.2, -0.15) is 0 Å². The van der Waals surface area contributed by atoms with Gasteiger partial charge in [0, 0.05) is 28.4 Å². The Balaban J connectivity index is 1.70. The van der Waals surface area contributed by atoms with Gasteiger partial charge in [0.25, 0.3) is 0 Å². The Kier molecular flexibility index (Phi) is 3.86. The molecule has 25 heavy (non-hydrogen) atoms. The van der Waals surface area contributed by atoms with Crippen LogP contribution in [0.3, 0.4) is 0 Å². The summed E-state index contributed by atoms with van der Waals surface area (Å²) in [6.45, 7) is 3.84. The minimum absolute atomic E-state index is 0.166. The molecule has 1 aromatic heterocycles. The van der Waals surface area contributed by atoms with Crippen LogP contribution in [0.15, 0.2) is 73.5 Å². The quantitative estimate of drug-likeness (QED) is 0.665. The highest BCUT2D eigenvalue weighted by Gasteiger charge is 2.30. The number of carbonyl (C=O) groups is 1. The van der Waals surface area contributed by atoms with E-state index in [4.69, 9.17) is 4.74 Å². The smallest absolute Gasteiger partial charge is 0.410 e. The van der Waals surface area contributed by atoms with Crippen molar-refractivity contribution in [2.45, 2.75) is 12.5 Å². The fraction of sp³-hybridized carbons (Fsp3) is 0.0952. The van der Waals surface area contributed by atoms with Crippen molar-refractivity contribution in [3.63, 3.8) is 0 Å². The summed E-state index contributed by atoms with van der Waals surface area (Å²) in [5.41, 5.74) is 3.18. The van der Waals surface area contributed by atoms with Crippen LogP contribution in [0, 0.1) is 0 Å². The third kappa shape index (κ3) is 2.72. The van der Waals surface area contributed by atoms with Gasteiger partial charge in [-0.15, -0.1) is 6.58 Å². The summed E-state index contributed by atoms with van der Waals surface area (Å²) in [6.07, 6.45) is 5.80. The molecular weight excluding hydrogens is 312 g/mol. The third-order valence-corrected chi connectivity index (χ3v) is 4.40. The van der Waals surface area contributed by atoms with Gasteiger partial charge in [-0.3, -0.25) is 4.90 Å². The van der Waals surface area contributed by atoms with Crippen molar-refractivity contribution in [1.29, 1.82) is 0 Å². The number of aromatic amines is 1. The normalized spacial score (nSPS) is 15.8. The van der Waals surface area contributed by atoms with Crippen LogP contribution in [-0.2, 0) is 0 Å². The third-order valence-electron chi connectivity index (χ3n) is 4.40. The van der Waals surface area contributed by atoms with Gasteiger partial charge < -0.3 is 9.72 Å². The molecule has 0 fully saturated rings. The van der Waals surface area contributed by atoms with E-state index < -0.39 is 6.09 Å². The molecule has 1 atom stereocenters. The predicted octanol–water partition coefficient (Wildman–Crippen LogP) is 5.27. The van der Waals surface area contributed by atoms with E-state index in [1.165, 1.54) is 0 Å². The van der Waals surface area contributed by atoms with Crippen LogP contribution >= 0.6 is 0 Å². The largest absolute Gasteiger partial charge is 0.419 e. The molecule has 0 saturated heterocycles. The first-order valence-corrected chi connectivity index (χ1v) is 8.23. The molecule has 4 nitrogen and oxygen atoms in total. The Hall–Kier alpha value is -3.27. The van der Waals surface area contributed by atoms with Crippen LogP contribution in [0.2, 0.25) is 0 Å². The highest BCUT2D eigenvalue weighted by molar-refractivity contribution is 5.92. The molecule has 1 aliphatic rings. The SMILES string of the molecule is C=CCC1c2[nH]c3ccccc3c2C=CN1C(=O)Oc1ccccc1. The summed E-state index contributed by atoms with van der Waals surface area (Å²) in [5.74, 6) is 0.528. The molecular formula is C21H18N2O2. The number of nitrogens with one attached hydrogen (secondary N) is 1. The molecule has 1 aliphatic heterocycles. The van der Waals surface area contributed by atoms with Crippen molar-refractivity contribution in [3.05, 3.63) is 84.7 Å². The van der Waals surface area contributed by atoms with Gasteiger partial charge in [0.2, 0.25) is 0 Å². The molecule has 0 spiro atoms. The number of amides is 1. The molecule has 0 aliphatic carbocycles. The van der Waals surface area contributed by atoms with Crippen molar-refractivity contribution in [3.8, 4) is 5.75 Å². The zero-order valence-electron chi connectivity index (χ0n) is 13.7. The second-order valence-corrected chi connectivity index (χ2v) is 5.94. The molecule has 0 saturated carbocycles. The molecule has 1 amide bonds. The molecule has 1 unspecified atom stereocenters. The Labute approximate surface area is 146 Å². The van der Waals surface area contributed by atoms with Gasteiger partial charge in [0.1, 0.15) is 5.75 Å². The highest BCUT2D eigenvalue weighted by atomic mass is 16.6. The van der Waals surface area contributed by atoms with Gasteiger partial charge in [0.15, 0.2) is 0 Å². The summed E-state index contributed by atoms with van der Waals surface area (Å²) in [4.78, 5) is 17.8. The summed E-state index contributed by atoms with van der Waals surface area (Å²) >= 11 is 0. The number of H-pyrrole nitrogens is 1. The van der Waals surface area contributed by atoms with E-state index in [0.29, 0.717) is 12.2 Å². The first kappa shape index (κ1) is 15.3. The van der Waals surface area contributed by atoms with E-state index in [9.17, 15) is 4.79 Å². The number of hydrogen-bond donors (Lipinski definition) is 1. The Morgan fingerprint density at radius 3 is 2.72 bits per heavy atom. The van der Waals surface area contributed by atoms with Crippen molar-refractivity contribution in [2.24, 2.45) is 0 Å². The lowest BCUT2D eigenvalue weighted by Gasteiger charge is -2.30. The number of ether oxygens (including phenoxy) is 1. The molecule has 3 aromatic rings. The first-order chi connectivity index (χ1) is 12.3. The zero-order valence-corrected chi connectivity index (χ0v) is 13.7. The van der Waals surface area contributed by atoms with Crippen molar-refractivity contribution in [1.82, 2.24) is 9.88 Å². The van der Waals surface area contributed by atoms with E-state index in [1.807, 2.05) is 48.6 Å². The van der Waals surface area contributed by atoms with Gasteiger partial charge in [-0.1, -0.05) is 42.5 Å². The maximum atomic E-state index is 12.7. The predicted molar refractivity (Wildman–Crippen MR) is 99.2 cm³/mol. The maximum Gasteiger partial charge on any atom is 0.419 e. The Morgan fingerprint density at radius 1 is 1.16 bits per heavy atom. The number of fused-ring (bicyclic) bond motifs is 3. The van der Waals surface area contributed by atoms with E-state index in [1.54, 1.807) is 23.2 Å². The molecule has 2 heterocycles. The molecule has 0 radical (unpaired) electrons. The number of nitrogens with zero attached hydrogens (tertiary/aromatic N) is 1. The van der Waals surface area contributed by atoms with Gasteiger partial charge >= 0.3 is 6.09 Å². The molecule has 4 heteroatoms. The fourth-order valence-corrected chi connectivity index (χ4v) is 3.24. The number of benzene rings is 2. The number of rotatable bonds is 3. The molecule has 4 rings (SSSR count). The van der Waals surface area contributed by atoms with Gasteiger partial charge in [0.05, 0.1) is 6.04 Å². The van der Waals surface area contributed by atoms with Gasteiger partial charge in [-0.05, 0) is 30.7 Å². The number of hydrogen-bond acceptors (Lipinski definition) is 2. The highest BCUT2D eigenvalue weighted by Crippen LogP contribution is 2.37.